The molecule has 0 aliphatic carbocycles. The number of halogens is 4. The van der Waals surface area contributed by atoms with Crippen LogP contribution in [0.5, 0.6) is 0 Å². The molecule has 168 valence electrons. The lowest BCUT2D eigenvalue weighted by molar-refractivity contribution is -0.114. The van der Waals surface area contributed by atoms with Gasteiger partial charge in [0.1, 0.15) is 0 Å². The van der Waals surface area contributed by atoms with Crippen LogP contribution in [0.4, 0.5) is 23.0 Å². The lowest BCUT2D eigenvalue weighted by atomic mass is 10.0. The van der Waals surface area contributed by atoms with E-state index in [0.29, 0.717) is 0 Å². The number of furan rings is 1. The minimum atomic E-state index is -6.00. The third kappa shape index (κ3) is 4.95. The highest BCUT2D eigenvalue weighted by Gasteiger charge is 2.26. The van der Waals surface area contributed by atoms with E-state index in [-0.39, 0.29) is 5.91 Å². The van der Waals surface area contributed by atoms with Crippen LogP contribution in [0.3, 0.4) is 0 Å². The first-order chi connectivity index (χ1) is 14.9. The van der Waals surface area contributed by atoms with Crippen molar-refractivity contribution < 1.29 is 26.1 Å². The highest BCUT2D eigenvalue weighted by Crippen LogP contribution is 2.44. The van der Waals surface area contributed by atoms with Crippen molar-refractivity contribution in [2.24, 2.45) is 0 Å². The number of hydrogen-bond acceptors (Lipinski definition) is 1. The second-order valence-electron chi connectivity index (χ2n) is 7.88. The average Bonchev–Trinajstić information content (AvgIpc) is 2.95. The zero-order valence-electron chi connectivity index (χ0n) is 18.5. The Bertz CT molecular complexity index is 1320. The van der Waals surface area contributed by atoms with Gasteiger partial charge in [-0.05, 0) is 57.5 Å². The highest BCUT2D eigenvalue weighted by molar-refractivity contribution is 6.50. The number of nitrogens with one attached hydrogen (secondary N) is 1. The molecule has 0 spiro atoms. The van der Waals surface area contributed by atoms with E-state index in [9.17, 15) is 22.1 Å². The molecule has 4 rings (SSSR count). The minimum Gasteiger partial charge on any atom is -0.497 e. The van der Waals surface area contributed by atoms with Crippen molar-refractivity contribution in [2.75, 3.05) is 5.32 Å². The van der Waals surface area contributed by atoms with Gasteiger partial charge in [0.05, 0.1) is 10.8 Å². The molecule has 0 saturated heterocycles. The van der Waals surface area contributed by atoms with Crippen LogP contribution in [0.25, 0.3) is 27.7 Å². The van der Waals surface area contributed by atoms with Crippen LogP contribution in [-0.2, 0) is 4.79 Å². The summed E-state index contributed by atoms with van der Waals surface area (Å²) in [5.74, 6) is 1.05. The number of hydrogen-bond donors (Lipinski definition) is 1. The maximum atomic E-state index is 11.6. The zero-order chi connectivity index (χ0) is 23.8. The van der Waals surface area contributed by atoms with Crippen LogP contribution in [-0.4, -0.2) is 13.2 Å². The van der Waals surface area contributed by atoms with E-state index in [4.69, 9.17) is 0 Å². The summed E-state index contributed by atoms with van der Waals surface area (Å²) < 4.78 is 42.4. The Balaban J connectivity index is 0.000000523. The van der Waals surface area contributed by atoms with E-state index in [1.54, 1.807) is 6.92 Å². The van der Waals surface area contributed by atoms with Gasteiger partial charge in [0.15, 0.2) is 0 Å². The van der Waals surface area contributed by atoms with E-state index >= 15 is 0 Å². The number of amides is 1. The van der Waals surface area contributed by atoms with Gasteiger partial charge in [0.25, 0.3) is 16.9 Å². The fourth-order valence-corrected chi connectivity index (χ4v) is 4.05. The standard InChI is InChI=1S/C24H23NO2.BF4/c1-14-10-16(3)23-20(11-14)21-13-19(25-18(5)26)12-17(4)24(21)27(23)22-9-7-6-8-15(22)2;2-1(3,4)5/h6-13H,1-5H3;/q;-1/p+1. The minimum absolute atomic E-state index is 0.0589. The Kier molecular flexibility index (Phi) is 6.35. The normalized spacial score (nSPS) is 11.4. The zero-order valence-corrected chi connectivity index (χ0v) is 18.5. The molecule has 1 heterocycles. The topological polar surface area (TPSA) is 31.8 Å². The Hall–Kier alpha value is -3.29. The number of carbonyl (C=O) groups is 1. The molecule has 0 fully saturated rings. The highest BCUT2D eigenvalue weighted by atomic mass is 19.5. The largest absolute Gasteiger partial charge is 0.673 e. The number of fused-ring (bicyclic) bond motifs is 3. The first-order valence-corrected chi connectivity index (χ1v) is 10.1. The van der Waals surface area contributed by atoms with Gasteiger partial charge >= 0.3 is 7.25 Å². The molecular weight excluding hydrogens is 421 g/mol. The number of rotatable bonds is 2. The van der Waals surface area contributed by atoms with Gasteiger partial charge in [0.2, 0.25) is 5.91 Å². The summed E-state index contributed by atoms with van der Waals surface area (Å²) in [6.07, 6.45) is 0. The predicted octanol–water partition coefficient (Wildman–Crippen LogP) is 7.75. The fraction of sp³-hybridized carbons (Fsp3) is 0.208. The van der Waals surface area contributed by atoms with Gasteiger partial charge in [-0.3, -0.25) is 4.79 Å². The molecule has 1 aromatic heterocycles. The Labute approximate surface area is 183 Å². The SMILES string of the molecule is CC(=O)Nc1cc(C)c2c(c1)c1cc(C)cc(C)c1[o+]2-c1ccccc1C.F[B-](F)(F)F. The molecule has 8 heteroatoms. The first kappa shape index (κ1) is 23.4. The van der Waals surface area contributed by atoms with E-state index in [0.717, 1.165) is 33.6 Å². The number of aryl methyl sites for hydroxylation is 4. The lowest BCUT2D eigenvalue weighted by Crippen LogP contribution is -2.05. The summed E-state index contributed by atoms with van der Waals surface area (Å²) in [6.45, 7) is 10.0. The third-order valence-electron chi connectivity index (χ3n) is 5.03. The summed E-state index contributed by atoms with van der Waals surface area (Å²) in [6, 6.07) is 16.9. The van der Waals surface area contributed by atoms with Gasteiger partial charge in [-0.25, -0.2) is 0 Å². The van der Waals surface area contributed by atoms with Crippen molar-refractivity contribution in [1.82, 2.24) is 0 Å². The van der Waals surface area contributed by atoms with Crippen LogP contribution in [0, 0.1) is 27.7 Å². The molecule has 0 bridgehead atoms. The number of benzene rings is 3. The quantitative estimate of drug-likeness (QED) is 0.191. The molecule has 0 saturated carbocycles. The molecule has 4 aromatic rings. The summed E-state index contributed by atoms with van der Waals surface area (Å²) in [7, 11) is -6.00. The van der Waals surface area contributed by atoms with Crippen LogP contribution in [0.1, 0.15) is 29.2 Å². The molecule has 1 N–H and O–H groups in total. The summed E-state index contributed by atoms with van der Waals surface area (Å²) >= 11 is 0. The number of para-hydroxylation sites is 1. The average molecular weight is 445 g/mol. The van der Waals surface area contributed by atoms with Crippen LogP contribution < -0.4 is 5.32 Å². The summed E-state index contributed by atoms with van der Waals surface area (Å²) in [5.41, 5.74) is 7.84. The molecule has 0 atom stereocenters. The summed E-state index contributed by atoms with van der Waals surface area (Å²) in [5, 5.41) is 5.25. The molecular formula is C24H24BF4NO2. The van der Waals surface area contributed by atoms with Crippen molar-refractivity contribution in [1.29, 1.82) is 0 Å². The van der Waals surface area contributed by atoms with Gasteiger partial charge in [0, 0.05) is 35.4 Å². The van der Waals surface area contributed by atoms with E-state index in [1.807, 2.05) is 6.07 Å². The Morgan fingerprint density at radius 1 is 0.812 bits per heavy atom. The molecule has 0 aliphatic rings. The van der Waals surface area contributed by atoms with Gasteiger partial charge in [-0.2, -0.15) is 0 Å². The predicted molar refractivity (Wildman–Crippen MR) is 123 cm³/mol. The third-order valence-corrected chi connectivity index (χ3v) is 5.03. The van der Waals surface area contributed by atoms with Crippen molar-refractivity contribution in [3.63, 3.8) is 0 Å². The van der Waals surface area contributed by atoms with Crippen molar-refractivity contribution >= 4 is 40.8 Å². The molecule has 32 heavy (non-hydrogen) atoms. The van der Waals surface area contributed by atoms with Crippen LogP contribution in [0.2, 0.25) is 0 Å². The van der Waals surface area contributed by atoms with Gasteiger partial charge in [-0.15, -0.1) is 0 Å². The second kappa shape index (κ2) is 8.69. The summed E-state index contributed by atoms with van der Waals surface area (Å²) in [4.78, 5) is 11.6. The van der Waals surface area contributed by atoms with E-state index < -0.39 is 7.25 Å². The molecule has 0 unspecified atom stereocenters. The first-order valence-electron chi connectivity index (χ1n) is 10.1. The maximum absolute atomic E-state index is 11.6. The maximum Gasteiger partial charge on any atom is 0.673 e. The number of anilines is 1. The molecule has 1 amide bonds. The molecule has 3 nitrogen and oxygen atoms in total. The fourth-order valence-electron chi connectivity index (χ4n) is 4.05. The monoisotopic (exact) mass is 445 g/mol. The van der Waals surface area contributed by atoms with Crippen molar-refractivity contribution in [2.45, 2.75) is 34.6 Å². The Morgan fingerprint density at radius 3 is 1.91 bits per heavy atom. The van der Waals surface area contributed by atoms with E-state index in [1.165, 1.54) is 22.1 Å². The van der Waals surface area contributed by atoms with Gasteiger partial charge in [-0.1, -0.05) is 18.2 Å². The van der Waals surface area contributed by atoms with Crippen molar-refractivity contribution in [3.05, 3.63) is 70.8 Å². The van der Waals surface area contributed by atoms with E-state index in [2.05, 4.69) is 79.5 Å². The van der Waals surface area contributed by atoms with Crippen molar-refractivity contribution in [3.8, 4) is 5.75 Å². The molecule has 3 aromatic carbocycles. The van der Waals surface area contributed by atoms with Crippen LogP contribution >= 0.6 is 0 Å². The Morgan fingerprint density at radius 2 is 1.34 bits per heavy atom. The molecule has 0 aliphatic heterocycles. The molecule has 0 radical (unpaired) electrons. The number of carbonyl (C=O) groups excluding carboxylic acids is 1. The smallest absolute Gasteiger partial charge is 0.497 e. The van der Waals surface area contributed by atoms with Gasteiger partial charge < -0.3 is 26.6 Å². The van der Waals surface area contributed by atoms with Crippen LogP contribution in [0.15, 0.2) is 52.6 Å². The second-order valence-corrected chi connectivity index (χ2v) is 7.88. The lowest BCUT2D eigenvalue weighted by Gasteiger charge is -2.10.